The zero-order chi connectivity index (χ0) is 17.1. The zero-order valence-corrected chi connectivity index (χ0v) is 15.6. The van der Waals surface area contributed by atoms with Crippen LogP contribution in [0.1, 0.15) is 28.8 Å². The molecule has 0 radical (unpaired) electrons. The summed E-state index contributed by atoms with van der Waals surface area (Å²) >= 11 is 3.49. The lowest BCUT2D eigenvalue weighted by Crippen LogP contribution is -2.52. The van der Waals surface area contributed by atoms with Crippen LogP contribution in [0.3, 0.4) is 0 Å². The van der Waals surface area contributed by atoms with Crippen molar-refractivity contribution >= 4 is 27.7 Å². The molecular weight excluding hydrogens is 370 g/mol. The van der Waals surface area contributed by atoms with Gasteiger partial charge in [-0.25, -0.2) is 0 Å². The number of carbonyl (C=O) groups excluding carboxylic acids is 2. The minimum Gasteiger partial charge on any atom is -0.340 e. The number of likely N-dealkylation sites (tertiary alicyclic amines) is 1. The van der Waals surface area contributed by atoms with Crippen LogP contribution in [0, 0.1) is 12.8 Å². The SMILES string of the molecule is Cc1ccc(C(=O)N2CCCC(C(=O)N3CCNCC3)C2)c(Br)c1. The van der Waals surface area contributed by atoms with Crippen LogP contribution in [0.5, 0.6) is 0 Å². The summed E-state index contributed by atoms with van der Waals surface area (Å²) in [6.07, 6.45) is 1.76. The van der Waals surface area contributed by atoms with E-state index >= 15 is 0 Å². The molecule has 0 saturated carbocycles. The van der Waals surface area contributed by atoms with E-state index in [1.807, 2.05) is 34.9 Å². The fraction of sp³-hybridized carbons (Fsp3) is 0.556. The molecule has 1 aromatic rings. The van der Waals surface area contributed by atoms with Crippen LogP contribution in [0.2, 0.25) is 0 Å². The van der Waals surface area contributed by atoms with Crippen molar-refractivity contribution in [2.45, 2.75) is 19.8 Å². The highest BCUT2D eigenvalue weighted by molar-refractivity contribution is 9.10. The summed E-state index contributed by atoms with van der Waals surface area (Å²) in [5, 5.41) is 3.27. The minimum atomic E-state index is -0.0648. The van der Waals surface area contributed by atoms with Gasteiger partial charge in [0.2, 0.25) is 5.91 Å². The molecule has 3 rings (SSSR count). The Bertz CT molecular complexity index is 629. The molecule has 2 heterocycles. The highest BCUT2D eigenvalue weighted by Crippen LogP contribution is 2.24. The van der Waals surface area contributed by atoms with E-state index < -0.39 is 0 Å². The summed E-state index contributed by atoms with van der Waals surface area (Å²) in [6, 6.07) is 5.77. The van der Waals surface area contributed by atoms with Crippen molar-refractivity contribution in [2.24, 2.45) is 5.92 Å². The third kappa shape index (κ3) is 3.81. The van der Waals surface area contributed by atoms with Gasteiger partial charge in [-0.1, -0.05) is 6.07 Å². The Morgan fingerprint density at radius 2 is 1.92 bits per heavy atom. The van der Waals surface area contributed by atoms with Gasteiger partial charge in [0, 0.05) is 43.7 Å². The molecule has 2 aliphatic rings. The van der Waals surface area contributed by atoms with Crippen molar-refractivity contribution in [1.82, 2.24) is 15.1 Å². The lowest BCUT2D eigenvalue weighted by atomic mass is 9.95. The third-order valence-corrected chi connectivity index (χ3v) is 5.50. The molecule has 1 unspecified atom stereocenters. The lowest BCUT2D eigenvalue weighted by molar-refractivity contribution is -0.137. The summed E-state index contributed by atoms with van der Waals surface area (Å²) < 4.78 is 0.822. The quantitative estimate of drug-likeness (QED) is 0.836. The van der Waals surface area contributed by atoms with Crippen LogP contribution in [0.4, 0.5) is 0 Å². The standard InChI is InChI=1S/C18H24BrN3O2/c1-13-4-5-15(16(19)11-13)18(24)22-8-2-3-14(12-22)17(23)21-9-6-20-7-10-21/h4-5,11,14,20H,2-3,6-10,12H2,1H3. The molecule has 1 N–H and O–H groups in total. The number of piperidine rings is 1. The molecule has 2 saturated heterocycles. The van der Waals surface area contributed by atoms with Crippen LogP contribution in [0.15, 0.2) is 22.7 Å². The van der Waals surface area contributed by atoms with E-state index in [1.165, 1.54) is 0 Å². The number of carbonyl (C=O) groups is 2. The minimum absolute atomic E-state index is 0.0136. The molecular formula is C18H24BrN3O2. The maximum absolute atomic E-state index is 12.8. The average Bonchev–Trinajstić information content (AvgIpc) is 2.61. The molecule has 24 heavy (non-hydrogen) atoms. The molecule has 2 fully saturated rings. The molecule has 0 aromatic heterocycles. The van der Waals surface area contributed by atoms with Gasteiger partial charge in [-0.15, -0.1) is 0 Å². The molecule has 5 nitrogen and oxygen atoms in total. The summed E-state index contributed by atoms with van der Waals surface area (Å²) in [5.74, 6) is 0.154. The van der Waals surface area contributed by atoms with Crippen molar-refractivity contribution in [2.75, 3.05) is 39.3 Å². The van der Waals surface area contributed by atoms with Gasteiger partial charge >= 0.3 is 0 Å². The molecule has 1 atom stereocenters. The average molecular weight is 394 g/mol. The molecule has 2 aliphatic heterocycles. The molecule has 0 spiro atoms. The monoisotopic (exact) mass is 393 g/mol. The number of hydrogen-bond acceptors (Lipinski definition) is 3. The Morgan fingerprint density at radius 3 is 2.62 bits per heavy atom. The summed E-state index contributed by atoms with van der Waals surface area (Å²) in [6.45, 7) is 6.52. The number of nitrogens with zero attached hydrogens (tertiary/aromatic N) is 2. The summed E-state index contributed by atoms with van der Waals surface area (Å²) in [5.41, 5.74) is 1.79. The summed E-state index contributed by atoms with van der Waals surface area (Å²) in [4.78, 5) is 29.3. The summed E-state index contributed by atoms with van der Waals surface area (Å²) in [7, 11) is 0. The van der Waals surface area contributed by atoms with Crippen molar-refractivity contribution in [3.8, 4) is 0 Å². The highest BCUT2D eigenvalue weighted by atomic mass is 79.9. The number of rotatable bonds is 2. The van der Waals surface area contributed by atoms with Crippen LogP contribution in [-0.4, -0.2) is 60.9 Å². The smallest absolute Gasteiger partial charge is 0.255 e. The lowest BCUT2D eigenvalue weighted by Gasteiger charge is -2.36. The second-order valence-corrected chi connectivity index (χ2v) is 7.50. The van der Waals surface area contributed by atoms with Gasteiger partial charge in [0.15, 0.2) is 0 Å². The highest BCUT2D eigenvalue weighted by Gasteiger charge is 2.32. The first-order valence-electron chi connectivity index (χ1n) is 8.61. The number of amides is 2. The maximum Gasteiger partial charge on any atom is 0.255 e. The molecule has 6 heteroatoms. The van der Waals surface area contributed by atoms with Crippen LogP contribution >= 0.6 is 15.9 Å². The van der Waals surface area contributed by atoms with E-state index in [4.69, 9.17) is 0 Å². The number of aryl methyl sites for hydroxylation is 1. The van der Waals surface area contributed by atoms with Gasteiger partial charge in [-0.2, -0.15) is 0 Å². The first-order chi connectivity index (χ1) is 11.6. The van der Waals surface area contributed by atoms with Gasteiger partial charge in [0.25, 0.3) is 5.91 Å². The van der Waals surface area contributed by atoms with E-state index in [2.05, 4.69) is 21.2 Å². The number of benzene rings is 1. The van der Waals surface area contributed by atoms with Gasteiger partial charge in [0.1, 0.15) is 0 Å². The van der Waals surface area contributed by atoms with E-state index in [9.17, 15) is 9.59 Å². The second kappa shape index (κ2) is 7.66. The van der Waals surface area contributed by atoms with Gasteiger partial charge in [0.05, 0.1) is 11.5 Å². The predicted molar refractivity (Wildman–Crippen MR) is 97.0 cm³/mol. The maximum atomic E-state index is 12.8. The molecule has 130 valence electrons. The van der Waals surface area contributed by atoms with Crippen LogP contribution in [-0.2, 0) is 4.79 Å². The van der Waals surface area contributed by atoms with E-state index in [1.54, 1.807) is 0 Å². The number of hydrogen-bond donors (Lipinski definition) is 1. The first kappa shape index (κ1) is 17.4. The third-order valence-electron chi connectivity index (χ3n) is 4.84. The molecule has 0 aliphatic carbocycles. The van der Waals surface area contributed by atoms with Crippen molar-refractivity contribution < 1.29 is 9.59 Å². The van der Waals surface area contributed by atoms with Gasteiger partial charge < -0.3 is 15.1 Å². The fourth-order valence-corrected chi connectivity index (χ4v) is 4.13. The molecule has 2 amide bonds. The van der Waals surface area contributed by atoms with Gasteiger partial charge in [-0.3, -0.25) is 9.59 Å². The molecule has 0 bridgehead atoms. The molecule has 1 aromatic carbocycles. The Labute approximate surface area is 151 Å². The Hall–Kier alpha value is -1.40. The van der Waals surface area contributed by atoms with E-state index in [0.717, 1.165) is 55.6 Å². The predicted octanol–water partition coefficient (Wildman–Crippen LogP) is 2.04. The van der Waals surface area contributed by atoms with Crippen LogP contribution < -0.4 is 5.32 Å². The topological polar surface area (TPSA) is 52.7 Å². The fourth-order valence-electron chi connectivity index (χ4n) is 3.47. The number of nitrogens with one attached hydrogen (secondary N) is 1. The Balaban J connectivity index is 1.68. The second-order valence-electron chi connectivity index (χ2n) is 6.65. The van der Waals surface area contributed by atoms with Crippen LogP contribution in [0.25, 0.3) is 0 Å². The van der Waals surface area contributed by atoms with Crippen molar-refractivity contribution in [3.05, 3.63) is 33.8 Å². The van der Waals surface area contributed by atoms with Crippen molar-refractivity contribution in [1.29, 1.82) is 0 Å². The normalized spacial score (nSPS) is 21.7. The Morgan fingerprint density at radius 1 is 1.17 bits per heavy atom. The van der Waals surface area contributed by atoms with Gasteiger partial charge in [-0.05, 0) is 53.4 Å². The van der Waals surface area contributed by atoms with E-state index in [0.29, 0.717) is 12.1 Å². The number of piperazine rings is 1. The largest absolute Gasteiger partial charge is 0.340 e. The Kier molecular flexibility index (Phi) is 5.56. The van der Waals surface area contributed by atoms with E-state index in [-0.39, 0.29) is 17.7 Å². The van der Waals surface area contributed by atoms with Crippen molar-refractivity contribution in [3.63, 3.8) is 0 Å². The first-order valence-corrected chi connectivity index (χ1v) is 9.40. The zero-order valence-electron chi connectivity index (χ0n) is 14.1. The number of halogens is 1.